The van der Waals surface area contributed by atoms with Crippen LogP contribution >= 0.6 is 23.2 Å². The number of ether oxygens (including phenoxy) is 1. The van der Waals surface area contributed by atoms with Gasteiger partial charge in [0.15, 0.2) is 0 Å². The van der Waals surface area contributed by atoms with E-state index in [-0.39, 0.29) is 16.9 Å². The lowest BCUT2D eigenvalue weighted by molar-refractivity contribution is 0.234. The van der Waals surface area contributed by atoms with Gasteiger partial charge in [-0.3, -0.25) is 0 Å². The predicted octanol–water partition coefficient (Wildman–Crippen LogP) is 4.49. The number of halogens is 2. The van der Waals surface area contributed by atoms with Crippen molar-refractivity contribution >= 4 is 28.9 Å². The van der Waals surface area contributed by atoms with Crippen molar-refractivity contribution in [1.82, 2.24) is 4.98 Å². The number of phenols is 1. The first kappa shape index (κ1) is 15.7. The second-order valence-electron chi connectivity index (χ2n) is 4.77. The lowest BCUT2D eigenvalue weighted by atomic mass is 10.2. The smallest absolute Gasteiger partial charge is 0.237 e. The van der Waals surface area contributed by atoms with E-state index in [4.69, 9.17) is 27.9 Å². The molecular formula is C15H16Cl2N2O2. The monoisotopic (exact) mass is 326 g/mol. The molecule has 0 atom stereocenters. The molecule has 0 saturated heterocycles. The summed E-state index contributed by atoms with van der Waals surface area (Å²) in [7, 11) is 0. The molecule has 1 aromatic carbocycles. The molecule has 0 spiro atoms. The number of aromatic hydroxyl groups is 1. The van der Waals surface area contributed by atoms with E-state index in [2.05, 4.69) is 10.3 Å². The number of nitrogens with zero attached hydrogens (tertiary/aromatic N) is 1. The highest BCUT2D eigenvalue weighted by Gasteiger charge is 2.10. The van der Waals surface area contributed by atoms with E-state index < -0.39 is 0 Å². The first-order valence-corrected chi connectivity index (χ1v) is 7.25. The molecule has 4 nitrogen and oxygen atoms in total. The molecule has 0 radical (unpaired) electrons. The van der Waals surface area contributed by atoms with Crippen LogP contribution in [0.1, 0.15) is 19.4 Å². The zero-order valence-corrected chi connectivity index (χ0v) is 13.2. The van der Waals surface area contributed by atoms with Gasteiger partial charge in [0.1, 0.15) is 5.75 Å². The quantitative estimate of drug-likeness (QED) is 0.849. The molecule has 0 aliphatic heterocycles. The largest absolute Gasteiger partial charge is 0.506 e. The second kappa shape index (κ2) is 6.87. The van der Waals surface area contributed by atoms with Gasteiger partial charge in [-0.15, -0.1) is 0 Å². The van der Waals surface area contributed by atoms with Gasteiger partial charge in [-0.1, -0.05) is 23.2 Å². The fourth-order valence-corrected chi connectivity index (χ4v) is 2.32. The maximum absolute atomic E-state index is 9.94. The Morgan fingerprint density at radius 1 is 1.33 bits per heavy atom. The van der Waals surface area contributed by atoms with Gasteiger partial charge < -0.3 is 15.2 Å². The molecule has 0 unspecified atom stereocenters. The van der Waals surface area contributed by atoms with Gasteiger partial charge in [0.2, 0.25) is 5.88 Å². The Bertz CT molecular complexity index is 633. The topological polar surface area (TPSA) is 54.4 Å². The molecular weight excluding hydrogens is 311 g/mol. The zero-order valence-electron chi connectivity index (χ0n) is 11.7. The third-order valence-electron chi connectivity index (χ3n) is 2.69. The summed E-state index contributed by atoms with van der Waals surface area (Å²) in [5, 5.41) is 13.8. The number of phenolic OH excluding ortho intramolecular Hbond substituents is 1. The van der Waals surface area contributed by atoms with Crippen LogP contribution in [0.4, 0.5) is 5.69 Å². The minimum Gasteiger partial charge on any atom is -0.506 e. The number of hydrogen-bond acceptors (Lipinski definition) is 4. The number of aromatic nitrogens is 1. The molecule has 0 aliphatic carbocycles. The van der Waals surface area contributed by atoms with Crippen LogP contribution in [0.15, 0.2) is 30.5 Å². The number of rotatable bonds is 5. The SMILES string of the molecule is CC(C)Oc1ncccc1NCc1cc(Cl)cc(Cl)c1O. The van der Waals surface area contributed by atoms with Gasteiger partial charge in [-0.05, 0) is 38.1 Å². The number of nitrogens with one attached hydrogen (secondary N) is 1. The van der Waals surface area contributed by atoms with Gasteiger partial charge in [0, 0.05) is 23.3 Å². The normalized spacial score (nSPS) is 10.7. The highest BCUT2D eigenvalue weighted by Crippen LogP contribution is 2.32. The molecule has 112 valence electrons. The molecule has 1 heterocycles. The Morgan fingerprint density at radius 3 is 2.81 bits per heavy atom. The summed E-state index contributed by atoms with van der Waals surface area (Å²) in [5.41, 5.74) is 1.34. The van der Waals surface area contributed by atoms with Crippen molar-refractivity contribution in [3.8, 4) is 11.6 Å². The summed E-state index contributed by atoms with van der Waals surface area (Å²) in [5.74, 6) is 0.531. The van der Waals surface area contributed by atoms with Crippen molar-refractivity contribution < 1.29 is 9.84 Å². The van der Waals surface area contributed by atoms with Crippen molar-refractivity contribution in [2.75, 3.05) is 5.32 Å². The molecule has 0 bridgehead atoms. The molecule has 21 heavy (non-hydrogen) atoms. The molecule has 0 amide bonds. The molecule has 2 aromatic rings. The number of benzene rings is 1. The van der Waals surface area contributed by atoms with Crippen LogP contribution in [0.5, 0.6) is 11.6 Å². The van der Waals surface area contributed by atoms with E-state index in [0.29, 0.717) is 23.0 Å². The minimum atomic E-state index is 0.0174. The van der Waals surface area contributed by atoms with E-state index in [1.54, 1.807) is 18.3 Å². The van der Waals surface area contributed by atoms with Crippen LogP contribution in [0.25, 0.3) is 0 Å². The number of pyridine rings is 1. The minimum absolute atomic E-state index is 0.0174. The summed E-state index contributed by atoms with van der Waals surface area (Å²) in [6, 6.07) is 6.82. The van der Waals surface area contributed by atoms with Crippen LogP contribution in [0.2, 0.25) is 10.0 Å². The Hall–Kier alpha value is -1.65. The standard InChI is InChI=1S/C15H16Cl2N2O2/c1-9(2)21-15-13(4-3-5-18-15)19-8-10-6-11(16)7-12(17)14(10)20/h3-7,9,19-20H,8H2,1-2H3. The van der Waals surface area contributed by atoms with E-state index >= 15 is 0 Å². The Morgan fingerprint density at radius 2 is 2.10 bits per heavy atom. The zero-order chi connectivity index (χ0) is 15.4. The first-order valence-electron chi connectivity index (χ1n) is 6.50. The van der Waals surface area contributed by atoms with Crippen molar-refractivity contribution in [3.05, 3.63) is 46.1 Å². The lowest BCUT2D eigenvalue weighted by Gasteiger charge is -2.15. The van der Waals surface area contributed by atoms with Crippen molar-refractivity contribution in [3.63, 3.8) is 0 Å². The first-order chi connectivity index (χ1) is 9.97. The van der Waals surface area contributed by atoms with Gasteiger partial charge in [-0.25, -0.2) is 4.98 Å². The molecule has 2 N–H and O–H groups in total. The Labute approximate surface area is 133 Å². The number of anilines is 1. The van der Waals surface area contributed by atoms with E-state index in [9.17, 15) is 5.11 Å². The summed E-state index contributed by atoms with van der Waals surface area (Å²) >= 11 is 11.8. The fourth-order valence-electron chi connectivity index (χ4n) is 1.79. The molecule has 0 fully saturated rings. The third-order valence-corrected chi connectivity index (χ3v) is 3.20. The van der Waals surface area contributed by atoms with E-state index in [0.717, 1.165) is 5.69 Å². The fraction of sp³-hybridized carbons (Fsp3) is 0.267. The molecule has 1 aromatic heterocycles. The summed E-state index contributed by atoms with van der Waals surface area (Å²) in [6.07, 6.45) is 1.69. The molecule has 0 aliphatic rings. The maximum atomic E-state index is 9.94. The lowest BCUT2D eigenvalue weighted by Crippen LogP contribution is -2.10. The van der Waals surface area contributed by atoms with Crippen LogP contribution in [-0.4, -0.2) is 16.2 Å². The average molecular weight is 327 g/mol. The summed E-state index contributed by atoms with van der Waals surface area (Å²) in [6.45, 7) is 4.22. The summed E-state index contributed by atoms with van der Waals surface area (Å²) < 4.78 is 5.62. The third kappa shape index (κ3) is 4.16. The van der Waals surface area contributed by atoms with E-state index in [1.807, 2.05) is 19.9 Å². The van der Waals surface area contributed by atoms with Gasteiger partial charge in [0.25, 0.3) is 0 Å². The van der Waals surface area contributed by atoms with E-state index in [1.165, 1.54) is 6.07 Å². The van der Waals surface area contributed by atoms with Crippen molar-refractivity contribution in [2.45, 2.75) is 26.5 Å². The van der Waals surface area contributed by atoms with Crippen LogP contribution in [0.3, 0.4) is 0 Å². The van der Waals surface area contributed by atoms with Crippen molar-refractivity contribution in [1.29, 1.82) is 0 Å². The highest BCUT2D eigenvalue weighted by molar-refractivity contribution is 6.35. The summed E-state index contributed by atoms with van der Waals surface area (Å²) in [4.78, 5) is 4.19. The maximum Gasteiger partial charge on any atom is 0.237 e. The molecule has 0 saturated carbocycles. The van der Waals surface area contributed by atoms with Crippen molar-refractivity contribution in [2.24, 2.45) is 0 Å². The van der Waals surface area contributed by atoms with Gasteiger partial charge in [-0.2, -0.15) is 0 Å². The average Bonchev–Trinajstić information content (AvgIpc) is 2.42. The van der Waals surface area contributed by atoms with Crippen LogP contribution < -0.4 is 10.1 Å². The highest BCUT2D eigenvalue weighted by atomic mass is 35.5. The Kier molecular flexibility index (Phi) is 5.15. The number of hydrogen-bond donors (Lipinski definition) is 2. The predicted molar refractivity (Wildman–Crippen MR) is 85.5 cm³/mol. The van der Waals surface area contributed by atoms with Gasteiger partial charge >= 0.3 is 0 Å². The van der Waals surface area contributed by atoms with Crippen LogP contribution in [0, 0.1) is 0 Å². The van der Waals surface area contributed by atoms with Crippen LogP contribution in [-0.2, 0) is 6.54 Å². The second-order valence-corrected chi connectivity index (χ2v) is 5.62. The molecule has 6 heteroatoms. The molecule has 2 rings (SSSR count). The Balaban J connectivity index is 2.17. The van der Waals surface area contributed by atoms with Gasteiger partial charge in [0.05, 0.1) is 16.8 Å².